The van der Waals surface area contributed by atoms with Crippen molar-refractivity contribution < 1.29 is 24.0 Å². The van der Waals surface area contributed by atoms with Crippen LogP contribution in [0.5, 0.6) is 5.75 Å². The van der Waals surface area contributed by atoms with Gasteiger partial charge in [-0.15, -0.1) is 0 Å². The van der Waals surface area contributed by atoms with Crippen molar-refractivity contribution in [2.45, 2.75) is 39.0 Å². The van der Waals surface area contributed by atoms with Crippen LogP contribution >= 0.6 is 0 Å². The van der Waals surface area contributed by atoms with E-state index in [4.69, 9.17) is 9.26 Å². The molecule has 1 saturated carbocycles. The van der Waals surface area contributed by atoms with Crippen LogP contribution in [-0.4, -0.2) is 28.7 Å². The molecule has 3 aromatic carbocycles. The van der Waals surface area contributed by atoms with Crippen molar-refractivity contribution in [1.29, 1.82) is 0 Å². The van der Waals surface area contributed by atoms with E-state index < -0.39 is 5.41 Å². The van der Waals surface area contributed by atoms with Crippen LogP contribution < -0.4 is 4.90 Å². The van der Waals surface area contributed by atoms with Crippen LogP contribution in [-0.2, 0) is 19.7 Å². The molecule has 1 aromatic heterocycles. The van der Waals surface area contributed by atoms with E-state index in [2.05, 4.69) is 5.16 Å². The molecule has 0 aliphatic heterocycles. The van der Waals surface area contributed by atoms with E-state index in [0.717, 1.165) is 35.1 Å². The van der Waals surface area contributed by atoms with Crippen molar-refractivity contribution >= 4 is 23.3 Å². The molecule has 1 aliphatic rings. The quantitative estimate of drug-likeness (QED) is 0.302. The first kappa shape index (κ1) is 24.3. The summed E-state index contributed by atoms with van der Waals surface area (Å²) in [5, 5.41) is 14.5. The van der Waals surface area contributed by atoms with Gasteiger partial charge in [-0.2, -0.15) is 0 Å². The van der Waals surface area contributed by atoms with E-state index in [-0.39, 0.29) is 17.6 Å². The van der Waals surface area contributed by atoms with Gasteiger partial charge in [0, 0.05) is 12.5 Å². The number of carbonyl (C=O) groups is 2. The number of para-hydroxylation sites is 2. The maximum atomic E-state index is 12.7. The first-order valence-electron chi connectivity index (χ1n) is 12.3. The number of phenols is 1. The van der Waals surface area contributed by atoms with Gasteiger partial charge in [0.15, 0.2) is 5.76 Å². The number of amides is 1. The number of phenolic OH excluding ortho intramolecular Hbond substituents is 1. The molecule has 0 unspecified atom stereocenters. The van der Waals surface area contributed by atoms with Crippen LogP contribution in [0.25, 0.3) is 22.5 Å². The van der Waals surface area contributed by atoms with E-state index in [1.54, 1.807) is 25.1 Å². The minimum Gasteiger partial charge on any atom is -0.506 e. The second-order valence-corrected chi connectivity index (χ2v) is 9.25. The number of aryl methyl sites for hydroxylation is 1. The van der Waals surface area contributed by atoms with E-state index in [1.807, 2.05) is 55.5 Å². The first-order valence-corrected chi connectivity index (χ1v) is 12.3. The van der Waals surface area contributed by atoms with Gasteiger partial charge in [-0.1, -0.05) is 65.8 Å². The number of hydrogen-bond acceptors (Lipinski definition) is 6. The van der Waals surface area contributed by atoms with Crippen molar-refractivity contribution in [3.8, 4) is 28.2 Å². The smallest absolute Gasteiger partial charge is 0.316 e. The van der Waals surface area contributed by atoms with Crippen LogP contribution in [0.3, 0.4) is 0 Å². The van der Waals surface area contributed by atoms with Gasteiger partial charge in [-0.05, 0) is 55.5 Å². The monoisotopic (exact) mass is 496 g/mol. The van der Waals surface area contributed by atoms with E-state index in [1.165, 1.54) is 17.9 Å². The summed E-state index contributed by atoms with van der Waals surface area (Å²) in [6.45, 7) is 5.40. The van der Waals surface area contributed by atoms with Crippen molar-refractivity contribution in [2.75, 3.05) is 11.5 Å². The number of carbonyl (C=O) groups excluding carboxylic acids is 2. The largest absolute Gasteiger partial charge is 0.506 e. The lowest BCUT2D eigenvalue weighted by molar-refractivity contribution is -0.146. The molecule has 7 heteroatoms. The Hall–Kier alpha value is -4.39. The molecule has 1 N–H and O–H groups in total. The Morgan fingerprint density at radius 3 is 2.14 bits per heavy atom. The van der Waals surface area contributed by atoms with Crippen LogP contribution in [0.4, 0.5) is 11.4 Å². The van der Waals surface area contributed by atoms with Crippen molar-refractivity contribution in [3.63, 3.8) is 0 Å². The Labute approximate surface area is 215 Å². The molecule has 0 spiro atoms. The molecule has 1 amide bonds. The third kappa shape index (κ3) is 4.37. The fourth-order valence-corrected chi connectivity index (χ4v) is 4.72. The average Bonchev–Trinajstić information content (AvgIpc) is 3.64. The SMILES string of the molecule is CCOC(=O)C1(c2ccc(-c3ccc(-c4onc(C)c4N(C(C)=O)c4ccccc4O)cc3)cc2)CC1. The highest BCUT2D eigenvalue weighted by Crippen LogP contribution is 2.49. The lowest BCUT2D eigenvalue weighted by Crippen LogP contribution is -2.23. The predicted molar refractivity (Wildman–Crippen MR) is 141 cm³/mol. The number of nitrogens with zero attached hydrogens (tertiary/aromatic N) is 2. The lowest BCUT2D eigenvalue weighted by Gasteiger charge is -2.22. The molecule has 0 bridgehead atoms. The summed E-state index contributed by atoms with van der Waals surface area (Å²) in [4.78, 5) is 26.5. The standard InChI is InChI=1S/C30H28N2O5/c1-4-36-29(35)30(17-18-30)24-15-13-22(14-16-24)21-9-11-23(12-10-21)28-27(19(2)31-37-28)32(20(3)33)25-7-5-6-8-26(25)34/h5-16,34H,4,17-18H2,1-3H3. The minimum atomic E-state index is -0.491. The number of aromatic nitrogens is 1. The highest BCUT2D eigenvalue weighted by atomic mass is 16.5. The first-order chi connectivity index (χ1) is 17.9. The van der Waals surface area contributed by atoms with Gasteiger partial charge in [0.1, 0.15) is 17.1 Å². The summed E-state index contributed by atoms with van der Waals surface area (Å²) < 4.78 is 10.9. The highest BCUT2D eigenvalue weighted by molar-refractivity contribution is 6.03. The highest BCUT2D eigenvalue weighted by Gasteiger charge is 2.52. The Morgan fingerprint density at radius 1 is 0.973 bits per heavy atom. The molecular weight excluding hydrogens is 468 g/mol. The molecule has 1 heterocycles. The van der Waals surface area contributed by atoms with Crippen LogP contribution in [0.2, 0.25) is 0 Å². The maximum Gasteiger partial charge on any atom is 0.316 e. The molecule has 5 rings (SSSR count). The summed E-state index contributed by atoms with van der Waals surface area (Å²) in [6, 6.07) is 22.5. The van der Waals surface area contributed by atoms with Gasteiger partial charge >= 0.3 is 5.97 Å². The maximum absolute atomic E-state index is 12.7. The average molecular weight is 497 g/mol. The molecule has 4 aromatic rings. The minimum absolute atomic E-state index is 0.0148. The summed E-state index contributed by atoms with van der Waals surface area (Å²) >= 11 is 0. The van der Waals surface area contributed by atoms with E-state index in [9.17, 15) is 14.7 Å². The predicted octanol–water partition coefficient (Wildman–Crippen LogP) is 6.30. The number of hydrogen-bond donors (Lipinski definition) is 1. The molecule has 1 aliphatic carbocycles. The molecule has 37 heavy (non-hydrogen) atoms. The van der Waals surface area contributed by atoms with Crippen LogP contribution in [0.1, 0.15) is 37.9 Å². The molecule has 0 atom stereocenters. The van der Waals surface area contributed by atoms with Gasteiger partial charge in [-0.3, -0.25) is 14.5 Å². The fraction of sp³-hybridized carbons (Fsp3) is 0.233. The second-order valence-electron chi connectivity index (χ2n) is 9.25. The Morgan fingerprint density at radius 2 is 1.57 bits per heavy atom. The molecule has 7 nitrogen and oxygen atoms in total. The van der Waals surface area contributed by atoms with E-state index in [0.29, 0.717) is 29.4 Å². The number of esters is 1. The van der Waals surface area contributed by atoms with Gasteiger partial charge in [0.25, 0.3) is 0 Å². The van der Waals surface area contributed by atoms with Gasteiger partial charge in [-0.25, -0.2) is 0 Å². The number of anilines is 2. The molecule has 1 fully saturated rings. The summed E-state index contributed by atoms with van der Waals surface area (Å²) in [5.41, 5.74) is 4.63. The van der Waals surface area contributed by atoms with Gasteiger partial charge in [0.05, 0.1) is 17.7 Å². The van der Waals surface area contributed by atoms with Crippen molar-refractivity contribution in [3.05, 3.63) is 84.1 Å². The normalized spacial score (nSPS) is 13.7. The number of benzene rings is 3. The molecule has 0 saturated heterocycles. The summed E-state index contributed by atoms with van der Waals surface area (Å²) in [6.07, 6.45) is 1.63. The van der Waals surface area contributed by atoms with Gasteiger partial charge < -0.3 is 14.4 Å². The van der Waals surface area contributed by atoms with Crippen molar-refractivity contribution in [1.82, 2.24) is 5.16 Å². The molecule has 188 valence electrons. The number of rotatable bonds is 7. The summed E-state index contributed by atoms with van der Waals surface area (Å²) in [5.74, 6) is -0.00219. The second kappa shape index (κ2) is 9.58. The fourth-order valence-electron chi connectivity index (χ4n) is 4.72. The Kier molecular flexibility index (Phi) is 6.29. The van der Waals surface area contributed by atoms with Gasteiger partial charge in [0.2, 0.25) is 5.91 Å². The number of aromatic hydroxyl groups is 1. The topological polar surface area (TPSA) is 92.9 Å². The molecule has 0 radical (unpaired) electrons. The summed E-state index contributed by atoms with van der Waals surface area (Å²) in [7, 11) is 0. The third-order valence-electron chi connectivity index (χ3n) is 6.83. The van der Waals surface area contributed by atoms with Crippen LogP contribution in [0.15, 0.2) is 77.3 Å². The molecular formula is C30H28N2O5. The zero-order valence-electron chi connectivity index (χ0n) is 21.0. The third-order valence-corrected chi connectivity index (χ3v) is 6.83. The van der Waals surface area contributed by atoms with E-state index >= 15 is 0 Å². The zero-order valence-corrected chi connectivity index (χ0v) is 21.0. The number of ether oxygens (including phenoxy) is 1. The van der Waals surface area contributed by atoms with Crippen LogP contribution in [0, 0.1) is 6.92 Å². The van der Waals surface area contributed by atoms with Crippen molar-refractivity contribution in [2.24, 2.45) is 0 Å². The zero-order chi connectivity index (χ0) is 26.2. The Bertz CT molecular complexity index is 1450. The Balaban J connectivity index is 1.44. The lowest BCUT2D eigenvalue weighted by atomic mass is 9.93.